The van der Waals surface area contributed by atoms with Gasteiger partial charge in [0.15, 0.2) is 0 Å². The number of rotatable bonds is 6. The molecule has 2 aromatic heterocycles. The minimum Gasteiger partial charge on any atom is -0.462 e. The van der Waals surface area contributed by atoms with Crippen LogP contribution in [-0.4, -0.2) is 27.4 Å². The standard InChI is InChI=1S/C16H16N4O3/c1-2-22-16(21)13-5-3-12(4-6-13)15-8-7-14(23-15)9-19-20-10-17-18-11-20/h3-8,10-11,19H,2,9H2,1H3. The van der Waals surface area contributed by atoms with Crippen LogP contribution in [-0.2, 0) is 11.3 Å². The third kappa shape index (κ3) is 3.57. The molecule has 7 heteroatoms. The molecule has 0 aliphatic carbocycles. The minimum atomic E-state index is -0.322. The summed E-state index contributed by atoms with van der Waals surface area (Å²) in [4.78, 5) is 11.6. The number of hydrogen-bond acceptors (Lipinski definition) is 6. The van der Waals surface area contributed by atoms with Crippen molar-refractivity contribution in [3.05, 3.63) is 60.4 Å². The number of hydrogen-bond donors (Lipinski definition) is 1. The summed E-state index contributed by atoms with van der Waals surface area (Å²) in [5, 5.41) is 7.41. The van der Waals surface area contributed by atoms with Crippen LogP contribution in [0.3, 0.4) is 0 Å². The fourth-order valence-electron chi connectivity index (χ4n) is 2.06. The fraction of sp³-hybridized carbons (Fsp3) is 0.188. The Labute approximate surface area is 132 Å². The lowest BCUT2D eigenvalue weighted by molar-refractivity contribution is 0.0526. The van der Waals surface area contributed by atoms with E-state index in [1.54, 1.807) is 36.4 Å². The number of esters is 1. The second-order valence-electron chi connectivity index (χ2n) is 4.77. The van der Waals surface area contributed by atoms with Crippen molar-refractivity contribution in [3.63, 3.8) is 0 Å². The van der Waals surface area contributed by atoms with Gasteiger partial charge in [0, 0.05) is 5.56 Å². The molecule has 0 bridgehead atoms. The number of furan rings is 1. The first-order chi connectivity index (χ1) is 11.3. The molecule has 3 rings (SSSR count). The van der Waals surface area contributed by atoms with E-state index in [0.717, 1.165) is 17.1 Å². The molecule has 3 aromatic rings. The van der Waals surface area contributed by atoms with E-state index in [9.17, 15) is 4.79 Å². The molecule has 1 aromatic carbocycles. The lowest BCUT2D eigenvalue weighted by atomic mass is 10.1. The van der Waals surface area contributed by atoms with Crippen LogP contribution in [0.25, 0.3) is 11.3 Å². The molecule has 0 unspecified atom stereocenters. The van der Waals surface area contributed by atoms with Crippen LogP contribution in [0.15, 0.2) is 53.5 Å². The highest BCUT2D eigenvalue weighted by Gasteiger charge is 2.08. The number of carbonyl (C=O) groups excluding carboxylic acids is 1. The van der Waals surface area contributed by atoms with E-state index in [1.807, 2.05) is 24.3 Å². The summed E-state index contributed by atoms with van der Waals surface area (Å²) in [6.07, 6.45) is 3.13. The van der Waals surface area contributed by atoms with E-state index in [2.05, 4.69) is 15.6 Å². The first-order valence-electron chi connectivity index (χ1n) is 7.21. The maximum absolute atomic E-state index is 11.6. The van der Waals surface area contributed by atoms with Crippen molar-refractivity contribution in [3.8, 4) is 11.3 Å². The van der Waals surface area contributed by atoms with Gasteiger partial charge in [0.1, 0.15) is 24.2 Å². The van der Waals surface area contributed by atoms with Crippen LogP contribution in [0.5, 0.6) is 0 Å². The second kappa shape index (κ2) is 6.78. The van der Waals surface area contributed by atoms with Crippen LogP contribution < -0.4 is 5.43 Å². The van der Waals surface area contributed by atoms with E-state index >= 15 is 0 Å². The van der Waals surface area contributed by atoms with Crippen molar-refractivity contribution >= 4 is 5.97 Å². The molecular weight excluding hydrogens is 296 g/mol. The van der Waals surface area contributed by atoms with Gasteiger partial charge in [-0.15, -0.1) is 10.2 Å². The fourth-order valence-corrected chi connectivity index (χ4v) is 2.06. The number of aromatic nitrogens is 3. The quantitative estimate of drug-likeness (QED) is 0.704. The summed E-state index contributed by atoms with van der Waals surface area (Å²) in [6, 6.07) is 10.9. The predicted octanol–water partition coefficient (Wildman–Crippen LogP) is 2.46. The Morgan fingerprint density at radius 3 is 2.61 bits per heavy atom. The second-order valence-corrected chi connectivity index (χ2v) is 4.77. The third-order valence-electron chi connectivity index (χ3n) is 3.20. The molecule has 0 aliphatic rings. The smallest absolute Gasteiger partial charge is 0.338 e. The first kappa shape index (κ1) is 14.8. The van der Waals surface area contributed by atoms with E-state index < -0.39 is 0 Å². The maximum Gasteiger partial charge on any atom is 0.338 e. The summed E-state index contributed by atoms with van der Waals surface area (Å²) in [5.74, 6) is 1.20. The SMILES string of the molecule is CCOC(=O)c1ccc(-c2ccc(CNn3cnnc3)o2)cc1. The summed E-state index contributed by atoms with van der Waals surface area (Å²) in [6.45, 7) is 2.66. The van der Waals surface area contributed by atoms with Crippen molar-refractivity contribution in [2.75, 3.05) is 12.0 Å². The van der Waals surface area contributed by atoms with E-state index in [1.165, 1.54) is 0 Å². The zero-order valence-corrected chi connectivity index (χ0v) is 12.6. The Morgan fingerprint density at radius 2 is 1.91 bits per heavy atom. The van der Waals surface area contributed by atoms with E-state index in [-0.39, 0.29) is 5.97 Å². The Morgan fingerprint density at radius 1 is 1.17 bits per heavy atom. The zero-order chi connectivity index (χ0) is 16.1. The van der Waals surface area contributed by atoms with E-state index in [0.29, 0.717) is 18.7 Å². The average Bonchev–Trinajstić information content (AvgIpc) is 3.25. The molecule has 118 valence electrons. The summed E-state index contributed by atoms with van der Waals surface area (Å²) < 4.78 is 12.4. The number of carbonyl (C=O) groups is 1. The molecule has 0 saturated heterocycles. The number of nitrogens with zero attached hydrogens (tertiary/aromatic N) is 3. The molecule has 0 amide bonds. The molecular formula is C16H16N4O3. The Balaban J connectivity index is 1.66. The molecule has 0 aliphatic heterocycles. The van der Waals surface area contributed by atoms with Gasteiger partial charge in [-0.1, -0.05) is 12.1 Å². The first-order valence-corrected chi connectivity index (χ1v) is 7.21. The van der Waals surface area contributed by atoms with Crippen molar-refractivity contribution in [2.45, 2.75) is 13.5 Å². The van der Waals surface area contributed by atoms with Gasteiger partial charge in [0.05, 0.1) is 18.7 Å². The van der Waals surface area contributed by atoms with Gasteiger partial charge in [-0.2, -0.15) is 0 Å². The monoisotopic (exact) mass is 312 g/mol. The lowest BCUT2D eigenvalue weighted by Crippen LogP contribution is -2.11. The van der Waals surface area contributed by atoms with Gasteiger partial charge in [0.25, 0.3) is 0 Å². The summed E-state index contributed by atoms with van der Waals surface area (Å²) in [7, 11) is 0. The van der Waals surface area contributed by atoms with Gasteiger partial charge in [-0.25, -0.2) is 9.47 Å². The average molecular weight is 312 g/mol. The normalized spacial score (nSPS) is 10.5. The Bertz CT molecular complexity index is 763. The number of nitrogens with one attached hydrogen (secondary N) is 1. The van der Waals surface area contributed by atoms with Gasteiger partial charge >= 0.3 is 5.97 Å². The van der Waals surface area contributed by atoms with Crippen molar-refractivity contribution in [1.29, 1.82) is 0 Å². The third-order valence-corrected chi connectivity index (χ3v) is 3.20. The van der Waals surface area contributed by atoms with Gasteiger partial charge < -0.3 is 14.6 Å². The van der Waals surface area contributed by atoms with Gasteiger partial charge in [-0.05, 0) is 31.2 Å². The lowest BCUT2D eigenvalue weighted by Gasteiger charge is -2.04. The van der Waals surface area contributed by atoms with Crippen LogP contribution in [0.4, 0.5) is 0 Å². The largest absolute Gasteiger partial charge is 0.462 e. The molecule has 7 nitrogen and oxygen atoms in total. The highest BCUT2D eigenvalue weighted by Crippen LogP contribution is 2.23. The van der Waals surface area contributed by atoms with E-state index in [4.69, 9.17) is 9.15 Å². The van der Waals surface area contributed by atoms with Crippen molar-refractivity contribution < 1.29 is 13.9 Å². The predicted molar refractivity (Wildman–Crippen MR) is 83.2 cm³/mol. The van der Waals surface area contributed by atoms with Crippen LogP contribution in [0.2, 0.25) is 0 Å². The molecule has 0 radical (unpaired) electrons. The minimum absolute atomic E-state index is 0.322. The molecule has 1 N–H and O–H groups in total. The highest BCUT2D eigenvalue weighted by molar-refractivity contribution is 5.89. The van der Waals surface area contributed by atoms with Crippen LogP contribution in [0, 0.1) is 0 Å². The molecule has 0 spiro atoms. The topological polar surface area (TPSA) is 82.2 Å². The van der Waals surface area contributed by atoms with Gasteiger partial charge in [0.2, 0.25) is 0 Å². The molecule has 0 saturated carbocycles. The van der Waals surface area contributed by atoms with Crippen molar-refractivity contribution in [1.82, 2.24) is 14.9 Å². The zero-order valence-electron chi connectivity index (χ0n) is 12.6. The maximum atomic E-state index is 11.6. The van der Waals surface area contributed by atoms with Crippen LogP contribution >= 0.6 is 0 Å². The molecule has 0 fully saturated rings. The van der Waals surface area contributed by atoms with Crippen molar-refractivity contribution in [2.24, 2.45) is 0 Å². The Hall–Kier alpha value is -3.09. The summed E-state index contributed by atoms with van der Waals surface area (Å²) >= 11 is 0. The molecule has 0 atom stereocenters. The summed E-state index contributed by atoms with van der Waals surface area (Å²) in [5.41, 5.74) is 4.50. The molecule has 2 heterocycles. The van der Waals surface area contributed by atoms with Crippen LogP contribution in [0.1, 0.15) is 23.0 Å². The number of benzene rings is 1. The Kier molecular flexibility index (Phi) is 4.37. The molecule has 23 heavy (non-hydrogen) atoms. The van der Waals surface area contributed by atoms with Gasteiger partial charge in [-0.3, -0.25) is 0 Å². The number of ether oxygens (including phenoxy) is 1. The highest BCUT2D eigenvalue weighted by atomic mass is 16.5.